The van der Waals surface area contributed by atoms with Crippen LogP contribution in [-0.4, -0.2) is 53.3 Å². The number of carbonyl (C=O) groups is 1. The molecular weight excluding hydrogens is 482 g/mol. The van der Waals surface area contributed by atoms with Crippen molar-refractivity contribution in [2.24, 2.45) is 0 Å². The maximum absolute atomic E-state index is 14.9. The van der Waals surface area contributed by atoms with Gasteiger partial charge in [-0.05, 0) is 30.5 Å². The predicted molar refractivity (Wildman–Crippen MR) is 97.9 cm³/mol. The van der Waals surface area contributed by atoms with Gasteiger partial charge in [-0.3, -0.25) is 4.79 Å². The van der Waals surface area contributed by atoms with Crippen LogP contribution in [0.1, 0.15) is 37.1 Å². The average molecular weight is 498 g/mol. The number of halogens is 6. The Hall–Kier alpha value is -2.68. The van der Waals surface area contributed by atoms with E-state index in [0.29, 0.717) is 4.31 Å². The first-order chi connectivity index (χ1) is 15.4. The van der Waals surface area contributed by atoms with Crippen LogP contribution in [0.2, 0.25) is 0 Å². The number of carbonyl (C=O) groups excluding carboxylic acids is 1. The summed E-state index contributed by atoms with van der Waals surface area (Å²) in [7, 11) is -4.57. The molecule has 1 aliphatic carbocycles. The molecule has 1 N–H and O–H groups in total. The first kappa shape index (κ1) is 23.5. The predicted octanol–water partition coefficient (Wildman–Crippen LogP) is 3.12. The minimum atomic E-state index is -4.57. The van der Waals surface area contributed by atoms with E-state index in [4.69, 9.17) is 4.42 Å². The van der Waals surface area contributed by atoms with E-state index in [-0.39, 0.29) is 24.0 Å². The molecule has 180 valence electrons. The van der Waals surface area contributed by atoms with Gasteiger partial charge in [0.25, 0.3) is 17.7 Å². The van der Waals surface area contributed by atoms with Crippen LogP contribution in [0.25, 0.3) is 11.5 Å². The summed E-state index contributed by atoms with van der Waals surface area (Å²) in [4.78, 5) is 11.1. The number of hydrogen-bond acceptors (Lipinski definition) is 6. The maximum Gasteiger partial charge on any atom is 0.315 e. The van der Waals surface area contributed by atoms with Gasteiger partial charge in [0, 0.05) is 18.5 Å². The normalized spacial score (nSPS) is 24.2. The molecular formula is C18H16F6N4O4S. The fourth-order valence-electron chi connectivity index (χ4n) is 4.09. The van der Waals surface area contributed by atoms with Crippen molar-refractivity contribution in [1.82, 2.24) is 19.8 Å². The number of alkyl halides is 6. The molecule has 1 aromatic carbocycles. The quantitative estimate of drug-likeness (QED) is 0.636. The molecule has 0 bridgehead atoms. The van der Waals surface area contributed by atoms with Crippen LogP contribution in [0.15, 0.2) is 27.5 Å². The number of fused-ring (bicyclic) bond motifs is 1. The van der Waals surface area contributed by atoms with E-state index in [0.717, 1.165) is 6.07 Å². The first-order valence-electron chi connectivity index (χ1n) is 9.65. The van der Waals surface area contributed by atoms with Crippen LogP contribution in [-0.2, 0) is 21.4 Å². The number of rotatable bonds is 5. The zero-order chi connectivity index (χ0) is 24.1. The third kappa shape index (κ3) is 4.18. The lowest BCUT2D eigenvalue weighted by molar-refractivity contribution is -0.137. The fourth-order valence-corrected chi connectivity index (χ4v) is 5.99. The molecule has 1 aliphatic heterocycles. The molecule has 2 atom stereocenters. The van der Waals surface area contributed by atoms with Crippen LogP contribution in [0.4, 0.5) is 26.3 Å². The second-order valence-corrected chi connectivity index (χ2v) is 9.49. The van der Waals surface area contributed by atoms with E-state index >= 15 is 0 Å². The zero-order valence-electron chi connectivity index (χ0n) is 16.5. The Kier molecular flexibility index (Phi) is 5.88. The molecule has 2 aromatic rings. The van der Waals surface area contributed by atoms with Gasteiger partial charge in [0.1, 0.15) is 6.04 Å². The molecule has 8 nitrogen and oxygen atoms in total. The molecule has 0 radical (unpaired) electrons. The number of nitrogens with zero attached hydrogens (tertiary/aromatic N) is 3. The molecule has 2 aliphatic rings. The highest BCUT2D eigenvalue weighted by atomic mass is 32.2. The van der Waals surface area contributed by atoms with Gasteiger partial charge in [-0.15, -0.1) is 10.2 Å². The van der Waals surface area contributed by atoms with Crippen molar-refractivity contribution in [3.63, 3.8) is 0 Å². The largest absolute Gasteiger partial charge is 0.415 e. The van der Waals surface area contributed by atoms with Gasteiger partial charge >= 0.3 is 12.9 Å². The molecule has 4 rings (SSSR count). The van der Waals surface area contributed by atoms with Gasteiger partial charge in [-0.2, -0.15) is 21.9 Å². The Labute approximate surface area is 183 Å². The molecule has 1 aromatic heterocycles. The second-order valence-electron chi connectivity index (χ2n) is 7.63. The minimum Gasteiger partial charge on any atom is -0.415 e. The van der Waals surface area contributed by atoms with Crippen molar-refractivity contribution < 1.29 is 44.0 Å². The average Bonchev–Trinajstić information content (AvgIpc) is 3.31. The van der Waals surface area contributed by atoms with Crippen LogP contribution in [0, 0.1) is 0 Å². The van der Waals surface area contributed by atoms with Crippen LogP contribution in [0.3, 0.4) is 0 Å². The Morgan fingerprint density at radius 3 is 2.58 bits per heavy atom. The van der Waals surface area contributed by atoms with E-state index in [1.165, 1.54) is 12.1 Å². The standard InChI is InChI=1S/C18H16F6N4O4S/c19-13(20)15(29)25-10-2-1-5-18(23,24)12(10)28-7-9-4-3-8(6-11(9)33(28,30)31)16-26-27-17(32-16)14(21)22/h3-4,6,10,12-14H,1-2,5,7H2,(H,25,29)/t10-,12+/m1/s1. The number of amides is 1. The van der Waals surface area contributed by atoms with Gasteiger partial charge < -0.3 is 9.73 Å². The third-order valence-electron chi connectivity index (χ3n) is 5.53. The molecule has 33 heavy (non-hydrogen) atoms. The van der Waals surface area contributed by atoms with E-state index in [2.05, 4.69) is 10.2 Å². The Morgan fingerprint density at radius 2 is 1.94 bits per heavy atom. The van der Waals surface area contributed by atoms with Crippen LogP contribution in [0.5, 0.6) is 0 Å². The molecule has 0 saturated heterocycles. The van der Waals surface area contributed by atoms with Crippen molar-refractivity contribution in [1.29, 1.82) is 0 Å². The van der Waals surface area contributed by atoms with E-state index < -0.39 is 76.4 Å². The number of sulfonamides is 1. The van der Waals surface area contributed by atoms with Crippen LogP contribution >= 0.6 is 0 Å². The number of nitrogens with one attached hydrogen (secondary N) is 1. The Bertz CT molecular complexity index is 1170. The monoisotopic (exact) mass is 498 g/mol. The summed E-state index contributed by atoms with van der Waals surface area (Å²) in [5.74, 6) is -6.75. The van der Waals surface area contributed by atoms with Crippen molar-refractivity contribution in [2.45, 2.75) is 61.6 Å². The van der Waals surface area contributed by atoms with Crippen molar-refractivity contribution >= 4 is 15.9 Å². The highest BCUT2D eigenvalue weighted by molar-refractivity contribution is 7.89. The van der Waals surface area contributed by atoms with Crippen molar-refractivity contribution in [3.8, 4) is 11.5 Å². The van der Waals surface area contributed by atoms with Gasteiger partial charge in [0.2, 0.25) is 15.9 Å². The lowest BCUT2D eigenvalue weighted by Crippen LogP contribution is -2.62. The van der Waals surface area contributed by atoms with E-state index in [1.807, 2.05) is 5.32 Å². The number of hydrogen-bond donors (Lipinski definition) is 1. The highest BCUT2D eigenvalue weighted by Gasteiger charge is 2.56. The molecule has 15 heteroatoms. The zero-order valence-corrected chi connectivity index (χ0v) is 17.3. The summed E-state index contributed by atoms with van der Waals surface area (Å²) in [6, 6.07) is -0.0223. The molecule has 0 spiro atoms. The lowest BCUT2D eigenvalue weighted by atomic mass is 9.86. The fraction of sp³-hybridized carbons (Fsp3) is 0.500. The minimum absolute atomic E-state index is 0.0310. The van der Waals surface area contributed by atoms with E-state index in [1.54, 1.807) is 0 Å². The topological polar surface area (TPSA) is 105 Å². The lowest BCUT2D eigenvalue weighted by Gasteiger charge is -2.42. The van der Waals surface area contributed by atoms with Crippen molar-refractivity contribution in [3.05, 3.63) is 29.7 Å². The highest BCUT2D eigenvalue weighted by Crippen LogP contribution is 2.43. The number of aromatic nitrogens is 2. The van der Waals surface area contributed by atoms with E-state index in [9.17, 15) is 39.6 Å². The maximum atomic E-state index is 14.9. The second kappa shape index (κ2) is 8.27. The summed E-state index contributed by atoms with van der Waals surface area (Å²) < 4.78 is 112. The van der Waals surface area contributed by atoms with Gasteiger partial charge in [-0.1, -0.05) is 6.07 Å². The summed E-state index contributed by atoms with van der Waals surface area (Å²) in [6.07, 6.45) is -7.42. The summed E-state index contributed by atoms with van der Waals surface area (Å²) >= 11 is 0. The molecule has 1 fully saturated rings. The van der Waals surface area contributed by atoms with Gasteiger partial charge in [-0.25, -0.2) is 17.2 Å². The summed E-state index contributed by atoms with van der Waals surface area (Å²) in [5, 5.41) is 8.42. The first-order valence-corrected chi connectivity index (χ1v) is 11.1. The number of benzene rings is 1. The molecule has 1 amide bonds. The Balaban J connectivity index is 1.69. The van der Waals surface area contributed by atoms with Gasteiger partial charge in [0.05, 0.1) is 10.9 Å². The SMILES string of the molecule is O=C(N[C@@H]1CCCC(F)(F)[C@H]1N1Cc2ccc(-c3nnc(C(F)F)o3)cc2S1(=O)=O)C(F)F. The molecule has 2 heterocycles. The summed E-state index contributed by atoms with van der Waals surface area (Å²) in [6.45, 7) is -0.495. The van der Waals surface area contributed by atoms with Crippen LogP contribution < -0.4 is 5.32 Å². The van der Waals surface area contributed by atoms with Gasteiger partial charge in [0.15, 0.2) is 0 Å². The molecule has 0 unspecified atom stereocenters. The molecule has 1 saturated carbocycles. The Morgan fingerprint density at radius 1 is 1.21 bits per heavy atom. The summed E-state index contributed by atoms with van der Waals surface area (Å²) in [5.41, 5.74) is 0.0872. The smallest absolute Gasteiger partial charge is 0.315 e. The van der Waals surface area contributed by atoms with Crippen molar-refractivity contribution in [2.75, 3.05) is 0 Å². The third-order valence-corrected chi connectivity index (χ3v) is 7.44.